The number of rotatable bonds is 2. The number of hydrogen-bond acceptors (Lipinski definition) is 3. The molecule has 1 fully saturated rings. The van der Waals surface area contributed by atoms with Crippen molar-refractivity contribution in [1.82, 2.24) is 9.88 Å². The first-order valence-corrected chi connectivity index (χ1v) is 5.09. The fourth-order valence-corrected chi connectivity index (χ4v) is 1.60. The smallest absolute Gasteiger partial charge is 0.310 e. The van der Waals surface area contributed by atoms with Gasteiger partial charge in [0.25, 0.3) is 5.91 Å². The molecule has 1 aromatic heterocycles. The van der Waals surface area contributed by atoms with Crippen LogP contribution < -0.4 is 0 Å². The second-order valence-electron chi connectivity index (χ2n) is 3.61. The second-order valence-corrected chi connectivity index (χ2v) is 4.00. The third kappa shape index (κ3) is 1.99. The zero-order chi connectivity index (χ0) is 11.7. The van der Waals surface area contributed by atoms with Crippen LogP contribution in [0.25, 0.3) is 0 Å². The number of halogens is 1. The molecule has 1 aliphatic heterocycles. The maximum atomic E-state index is 11.8. The minimum atomic E-state index is -0.863. The minimum Gasteiger partial charge on any atom is -0.481 e. The first-order valence-electron chi connectivity index (χ1n) is 4.71. The van der Waals surface area contributed by atoms with E-state index in [1.807, 2.05) is 0 Å². The van der Waals surface area contributed by atoms with Gasteiger partial charge in [-0.15, -0.1) is 0 Å². The molecular weight excluding hydrogens is 232 g/mol. The van der Waals surface area contributed by atoms with Gasteiger partial charge in [-0.1, -0.05) is 11.6 Å². The van der Waals surface area contributed by atoms with E-state index >= 15 is 0 Å². The Hall–Kier alpha value is -1.62. The highest BCUT2D eigenvalue weighted by Crippen LogP contribution is 2.18. The van der Waals surface area contributed by atoms with Crippen LogP contribution in [0, 0.1) is 5.92 Å². The SMILES string of the molecule is O=C(O)C1CN(C(=O)c2ccc(Cl)nc2)C1. The van der Waals surface area contributed by atoms with Crippen LogP contribution in [0.4, 0.5) is 0 Å². The number of likely N-dealkylation sites (tertiary alicyclic amines) is 1. The van der Waals surface area contributed by atoms with Gasteiger partial charge in [0.1, 0.15) is 5.15 Å². The third-order valence-corrected chi connectivity index (χ3v) is 2.72. The molecule has 0 aliphatic carbocycles. The predicted molar refractivity (Wildman–Crippen MR) is 56.3 cm³/mol. The largest absolute Gasteiger partial charge is 0.481 e. The lowest BCUT2D eigenvalue weighted by atomic mass is 9.99. The summed E-state index contributed by atoms with van der Waals surface area (Å²) in [4.78, 5) is 27.6. The molecule has 84 valence electrons. The first-order chi connectivity index (χ1) is 7.58. The Balaban J connectivity index is 2.00. The Morgan fingerprint density at radius 2 is 2.12 bits per heavy atom. The molecule has 0 radical (unpaired) electrons. The monoisotopic (exact) mass is 240 g/mol. The molecule has 0 spiro atoms. The lowest BCUT2D eigenvalue weighted by Crippen LogP contribution is -2.53. The molecule has 6 heteroatoms. The van der Waals surface area contributed by atoms with Crippen LogP contribution >= 0.6 is 11.6 Å². The van der Waals surface area contributed by atoms with Gasteiger partial charge in [-0.05, 0) is 12.1 Å². The molecule has 0 atom stereocenters. The first kappa shape index (κ1) is 10.9. The predicted octanol–water partition coefficient (Wildman–Crippen LogP) is 0.892. The summed E-state index contributed by atoms with van der Waals surface area (Å²) in [5, 5.41) is 8.99. The van der Waals surface area contributed by atoms with Crippen molar-refractivity contribution >= 4 is 23.5 Å². The Kier molecular flexibility index (Phi) is 2.78. The van der Waals surface area contributed by atoms with Gasteiger partial charge in [0.2, 0.25) is 0 Å². The van der Waals surface area contributed by atoms with Gasteiger partial charge in [-0.2, -0.15) is 0 Å². The average molecular weight is 241 g/mol. The minimum absolute atomic E-state index is 0.207. The van der Waals surface area contributed by atoms with Crippen molar-refractivity contribution in [3.8, 4) is 0 Å². The highest BCUT2D eigenvalue weighted by Gasteiger charge is 2.35. The number of carbonyl (C=O) groups is 2. The molecule has 1 N–H and O–H groups in total. The number of aromatic nitrogens is 1. The second kappa shape index (κ2) is 4.09. The molecule has 2 rings (SSSR count). The average Bonchev–Trinajstić information content (AvgIpc) is 2.15. The zero-order valence-electron chi connectivity index (χ0n) is 8.26. The van der Waals surface area contributed by atoms with Crippen LogP contribution in [0.5, 0.6) is 0 Å². The Labute approximate surface area is 96.7 Å². The van der Waals surface area contributed by atoms with E-state index < -0.39 is 11.9 Å². The normalized spacial score (nSPS) is 15.7. The van der Waals surface area contributed by atoms with Crippen LogP contribution in [0.3, 0.4) is 0 Å². The van der Waals surface area contributed by atoms with E-state index in [1.165, 1.54) is 17.2 Å². The summed E-state index contributed by atoms with van der Waals surface area (Å²) in [7, 11) is 0. The number of hydrogen-bond donors (Lipinski definition) is 1. The Morgan fingerprint density at radius 1 is 1.44 bits per heavy atom. The van der Waals surface area contributed by atoms with E-state index in [0.717, 1.165) is 0 Å². The van der Waals surface area contributed by atoms with E-state index in [9.17, 15) is 9.59 Å². The van der Waals surface area contributed by atoms with Crippen molar-refractivity contribution in [2.45, 2.75) is 0 Å². The summed E-state index contributed by atoms with van der Waals surface area (Å²) in [5.41, 5.74) is 0.424. The van der Waals surface area contributed by atoms with E-state index in [1.54, 1.807) is 6.07 Å². The zero-order valence-corrected chi connectivity index (χ0v) is 9.02. The fraction of sp³-hybridized carbons (Fsp3) is 0.300. The van der Waals surface area contributed by atoms with Gasteiger partial charge in [0, 0.05) is 19.3 Å². The van der Waals surface area contributed by atoms with Crippen LogP contribution in [0.15, 0.2) is 18.3 Å². The van der Waals surface area contributed by atoms with Gasteiger partial charge in [-0.25, -0.2) is 4.98 Å². The maximum Gasteiger partial charge on any atom is 0.310 e. The number of aliphatic carboxylic acids is 1. The molecule has 1 saturated heterocycles. The summed E-state index contributed by atoms with van der Waals surface area (Å²) in [6, 6.07) is 3.11. The summed E-state index contributed by atoms with van der Waals surface area (Å²) in [6.45, 7) is 0.521. The summed E-state index contributed by atoms with van der Waals surface area (Å²) in [6.07, 6.45) is 1.39. The summed E-state index contributed by atoms with van der Waals surface area (Å²) < 4.78 is 0. The van der Waals surface area contributed by atoms with Crippen molar-refractivity contribution in [2.24, 2.45) is 5.92 Å². The van der Waals surface area contributed by atoms with Crippen LogP contribution in [0.1, 0.15) is 10.4 Å². The standard InChI is InChI=1S/C10H9ClN2O3/c11-8-2-1-6(3-12-8)9(14)13-4-7(5-13)10(15)16/h1-3,7H,4-5H2,(H,15,16). The quantitative estimate of drug-likeness (QED) is 0.780. The van der Waals surface area contributed by atoms with Gasteiger partial charge < -0.3 is 10.0 Å². The van der Waals surface area contributed by atoms with Gasteiger partial charge in [0.05, 0.1) is 11.5 Å². The Bertz CT molecular complexity index is 426. The molecule has 1 aliphatic rings. The molecule has 5 nitrogen and oxygen atoms in total. The Morgan fingerprint density at radius 3 is 2.62 bits per heavy atom. The molecule has 0 saturated carbocycles. The van der Waals surface area contributed by atoms with Crippen molar-refractivity contribution in [3.05, 3.63) is 29.0 Å². The number of amides is 1. The third-order valence-electron chi connectivity index (χ3n) is 2.49. The number of carboxylic acids is 1. The van der Waals surface area contributed by atoms with E-state index in [2.05, 4.69) is 4.98 Å². The fourth-order valence-electron chi connectivity index (χ4n) is 1.49. The highest BCUT2D eigenvalue weighted by molar-refractivity contribution is 6.29. The molecule has 0 bridgehead atoms. The van der Waals surface area contributed by atoms with E-state index in [0.29, 0.717) is 10.7 Å². The lowest BCUT2D eigenvalue weighted by Gasteiger charge is -2.36. The van der Waals surface area contributed by atoms with Gasteiger partial charge >= 0.3 is 5.97 Å². The maximum absolute atomic E-state index is 11.8. The van der Waals surface area contributed by atoms with Crippen molar-refractivity contribution in [3.63, 3.8) is 0 Å². The molecule has 2 heterocycles. The number of carbonyl (C=O) groups excluding carboxylic acids is 1. The van der Waals surface area contributed by atoms with Gasteiger partial charge in [-0.3, -0.25) is 9.59 Å². The van der Waals surface area contributed by atoms with Crippen molar-refractivity contribution < 1.29 is 14.7 Å². The van der Waals surface area contributed by atoms with E-state index in [4.69, 9.17) is 16.7 Å². The van der Waals surface area contributed by atoms with Crippen molar-refractivity contribution in [1.29, 1.82) is 0 Å². The molecule has 16 heavy (non-hydrogen) atoms. The molecule has 0 unspecified atom stereocenters. The summed E-state index contributed by atoms with van der Waals surface area (Å²) in [5.74, 6) is -1.51. The molecular formula is C10H9ClN2O3. The topological polar surface area (TPSA) is 70.5 Å². The van der Waals surface area contributed by atoms with E-state index in [-0.39, 0.29) is 19.0 Å². The van der Waals surface area contributed by atoms with Crippen LogP contribution in [-0.4, -0.2) is 40.0 Å². The number of pyridine rings is 1. The van der Waals surface area contributed by atoms with Gasteiger partial charge in [0.15, 0.2) is 0 Å². The molecule has 1 amide bonds. The number of carboxylic acid groups (broad SMARTS) is 1. The number of nitrogens with zero attached hydrogens (tertiary/aromatic N) is 2. The molecule has 0 aromatic carbocycles. The highest BCUT2D eigenvalue weighted by atomic mass is 35.5. The van der Waals surface area contributed by atoms with Crippen LogP contribution in [-0.2, 0) is 4.79 Å². The van der Waals surface area contributed by atoms with Crippen LogP contribution in [0.2, 0.25) is 5.15 Å². The molecule has 1 aromatic rings. The lowest BCUT2D eigenvalue weighted by molar-refractivity contribution is -0.146. The summed E-state index contributed by atoms with van der Waals surface area (Å²) >= 11 is 5.59. The van der Waals surface area contributed by atoms with Crippen molar-refractivity contribution in [2.75, 3.05) is 13.1 Å².